The van der Waals surface area contributed by atoms with Gasteiger partial charge in [-0.1, -0.05) is 48.5 Å². The van der Waals surface area contributed by atoms with E-state index in [1.54, 1.807) is 4.90 Å². The fourth-order valence-electron chi connectivity index (χ4n) is 4.93. The molecule has 2 aliphatic heterocycles. The van der Waals surface area contributed by atoms with Crippen molar-refractivity contribution in [3.8, 4) is 0 Å². The van der Waals surface area contributed by atoms with Gasteiger partial charge in [-0.2, -0.15) is 0 Å². The van der Waals surface area contributed by atoms with Crippen LogP contribution >= 0.6 is 0 Å². The number of likely N-dealkylation sites (tertiary alicyclic amines) is 1. The number of hydrogen-bond acceptors (Lipinski definition) is 5. The average molecular weight is 460 g/mol. The lowest BCUT2D eigenvalue weighted by Gasteiger charge is -2.21. The summed E-state index contributed by atoms with van der Waals surface area (Å²) in [7, 11) is 0. The maximum absolute atomic E-state index is 12.8. The zero-order valence-corrected chi connectivity index (χ0v) is 19.3. The van der Waals surface area contributed by atoms with Crippen molar-refractivity contribution in [1.29, 1.82) is 0 Å². The molecule has 34 heavy (non-hydrogen) atoms. The summed E-state index contributed by atoms with van der Waals surface area (Å²) < 4.78 is 5.42. The third kappa shape index (κ3) is 4.48. The molecule has 2 atom stereocenters. The highest BCUT2D eigenvalue weighted by Crippen LogP contribution is 2.52. The largest absolute Gasteiger partial charge is 0.443 e. The molecule has 0 spiro atoms. The number of nitrogens with zero attached hydrogens (tertiary/aromatic N) is 2. The SMILES string of the molecule is CC(=O)CNC[C@H]1CN(c2ccc(C34C=C3CN(C(=O)CCc3ccccc3)C4)cc2)C(=O)O1. The summed E-state index contributed by atoms with van der Waals surface area (Å²) in [4.78, 5) is 39.8. The number of carbonyl (C=O) groups is 3. The first kappa shape index (κ1) is 22.3. The number of anilines is 1. The molecule has 5 rings (SSSR count). The molecule has 2 fully saturated rings. The summed E-state index contributed by atoms with van der Waals surface area (Å²) in [6, 6.07) is 18.1. The first-order valence-corrected chi connectivity index (χ1v) is 11.8. The molecule has 0 radical (unpaired) electrons. The molecular formula is C27H29N3O4. The fourth-order valence-corrected chi connectivity index (χ4v) is 4.93. The Morgan fingerprint density at radius 1 is 1.12 bits per heavy atom. The second-order valence-corrected chi connectivity index (χ2v) is 9.37. The molecular weight excluding hydrogens is 430 g/mol. The smallest absolute Gasteiger partial charge is 0.414 e. The number of aryl methyl sites for hydroxylation is 1. The van der Waals surface area contributed by atoms with Gasteiger partial charge in [-0.3, -0.25) is 14.5 Å². The van der Waals surface area contributed by atoms with E-state index in [0.29, 0.717) is 32.6 Å². The van der Waals surface area contributed by atoms with Crippen LogP contribution < -0.4 is 10.2 Å². The van der Waals surface area contributed by atoms with Crippen LogP contribution in [0.1, 0.15) is 24.5 Å². The van der Waals surface area contributed by atoms with Crippen LogP contribution in [0.4, 0.5) is 10.5 Å². The summed E-state index contributed by atoms with van der Waals surface area (Å²) in [6.45, 7) is 4.07. The van der Waals surface area contributed by atoms with Gasteiger partial charge in [0.1, 0.15) is 11.9 Å². The first-order valence-electron chi connectivity index (χ1n) is 11.8. The Bertz CT molecular complexity index is 1130. The zero-order chi connectivity index (χ0) is 23.7. The molecule has 0 aromatic heterocycles. The molecule has 7 heteroatoms. The van der Waals surface area contributed by atoms with Gasteiger partial charge in [-0.15, -0.1) is 0 Å². The number of fused-ring (bicyclic) bond motifs is 1. The molecule has 2 heterocycles. The summed E-state index contributed by atoms with van der Waals surface area (Å²) in [5, 5.41) is 3.01. The first-order chi connectivity index (χ1) is 16.4. The summed E-state index contributed by atoms with van der Waals surface area (Å²) in [6.07, 6.45) is 2.87. The Hall–Kier alpha value is -3.45. The van der Waals surface area contributed by atoms with E-state index in [2.05, 4.69) is 23.5 Å². The van der Waals surface area contributed by atoms with Gasteiger partial charge in [0, 0.05) is 31.7 Å². The van der Waals surface area contributed by atoms with E-state index < -0.39 is 0 Å². The second-order valence-electron chi connectivity index (χ2n) is 9.37. The topological polar surface area (TPSA) is 79.0 Å². The lowest BCUT2D eigenvalue weighted by molar-refractivity contribution is -0.130. The van der Waals surface area contributed by atoms with Gasteiger partial charge in [0.15, 0.2) is 0 Å². The standard InChI is InChI=1S/C27H29N3O4/c1-19(31)14-28-15-24-17-30(26(33)34-24)23-10-8-21(9-11-23)27-13-22(27)16-29(18-27)25(32)12-7-20-5-3-2-4-6-20/h2-6,8-11,13,24,28H,7,12,14-18H2,1H3/t24-,27?/m0/s1. The predicted molar refractivity (Wildman–Crippen MR) is 129 cm³/mol. The van der Waals surface area contributed by atoms with Crippen molar-refractivity contribution in [1.82, 2.24) is 10.2 Å². The lowest BCUT2D eigenvalue weighted by Crippen LogP contribution is -2.33. The second kappa shape index (κ2) is 9.06. The van der Waals surface area contributed by atoms with E-state index in [9.17, 15) is 14.4 Å². The van der Waals surface area contributed by atoms with Crippen LogP contribution in [0.5, 0.6) is 0 Å². The van der Waals surface area contributed by atoms with Crippen LogP contribution in [0.15, 0.2) is 66.2 Å². The van der Waals surface area contributed by atoms with E-state index in [1.165, 1.54) is 18.1 Å². The molecule has 3 aliphatic rings. The van der Waals surface area contributed by atoms with Gasteiger partial charge in [0.25, 0.3) is 0 Å². The highest BCUT2D eigenvalue weighted by Gasteiger charge is 2.53. The Kier molecular flexibility index (Phi) is 5.96. The number of hydrogen-bond donors (Lipinski definition) is 1. The molecule has 1 aliphatic carbocycles. The third-order valence-electron chi connectivity index (χ3n) is 6.85. The quantitative estimate of drug-likeness (QED) is 0.584. The minimum absolute atomic E-state index is 0.0487. The summed E-state index contributed by atoms with van der Waals surface area (Å²) in [5.41, 5.74) is 4.27. The number of cyclic esters (lactones) is 1. The van der Waals surface area contributed by atoms with E-state index in [0.717, 1.165) is 17.7 Å². The molecule has 2 saturated heterocycles. The molecule has 0 bridgehead atoms. The van der Waals surface area contributed by atoms with Crippen LogP contribution in [-0.4, -0.2) is 61.5 Å². The number of amides is 2. The van der Waals surface area contributed by atoms with E-state index in [1.807, 2.05) is 47.4 Å². The number of carbonyl (C=O) groups excluding carboxylic acids is 3. The Morgan fingerprint density at radius 2 is 1.88 bits per heavy atom. The van der Waals surface area contributed by atoms with E-state index in [4.69, 9.17) is 4.74 Å². The number of ketones is 1. The maximum Gasteiger partial charge on any atom is 0.414 e. The Labute approximate surface area is 199 Å². The van der Waals surface area contributed by atoms with Gasteiger partial charge in [0.05, 0.1) is 18.5 Å². The minimum atomic E-state index is -0.373. The molecule has 0 saturated carbocycles. The van der Waals surface area contributed by atoms with Gasteiger partial charge in [-0.25, -0.2) is 4.79 Å². The fraction of sp³-hybridized carbons (Fsp3) is 0.370. The number of benzene rings is 2. The Morgan fingerprint density at radius 3 is 2.62 bits per heavy atom. The molecule has 176 valence electrons. The third-order valence-corrected chi connectivity index (χ3v) is 6.85. The molecule has 2 aromatic rings. The van der Waals surface area contributed by atoms with Crippen LogP contribution in [-0.2, 0) is 26.2 Å². The number of ether oxygens (including phenoxy) is 1. The summed E-state index contributed by atoms with van der Waals surface area (Å²) >= 11 is 0. The van der Waals surface area contributed by atoms with Crippen molar-refractivity contribution in [2.24, 2.45) is 0 Å². The van der Waals surface area contributed by atoms with Crippen molar-refractivity contribution in [2.45, 2.75) is 31.3 Å². The number of rotatable bonds is 9. The average Bonchev–Trinajstić information content (AvgIpc) is 3.20. The van der Waals surface area contributed by atoms with Gasteiger partial charge >= 0.3 is 6.09 Å². The van der Waals surface area contributed by atoms with Crippen LogP contribution in [0.25, 0.3) is 0 Å². The van der Waals surface area contributed by atoms with Crippen molar-refractivity contribution < 1.29 is 19.1 Å². The number of nitrogens with one attached hydrogen (secondary N) is 1. The minimum Gasteiger partial charge on any atom is -0.443 e. The van der Waals surface area contributed by atoms with Crippen molar-refractivity contribution in [3.05, 3.63) is 77.4 Å². The van der Waals surface area contributed by atoms with Gasteiger partial charge < -0.3 is 15.0 Å². The maximum atomic E-state index is 12.8. The number of Topliss-reactive ketones (excluding diaryl/α,β-unsaturated/α-hetero) is 1. The van der Waals surface area contributed by atoms with E-state index in [-0.39, 0.29) is 35.8 Å². The van der Waals surface area contributed by atoms with Crippen LogP contribution in [0, 0.1) is 0 Å². The van der Waals surface area contributed by atoms with Crippen LogP contribution in [0.2, 0.25) is 0 Å². The van der Waals surface area contributed by atoms with E-state index >= 15 is 0 Å². The zero-order valence-electron chi connectivity index (χ0n) is 19.3. The Balaban J connectivity index is 1.17. The highest BCUT2D eigenvalue weighted by atomic mass is 16.6. The van der Waals surface area contributed by atoms with Crippen molar-refractivity contribution in [3.63, 3.8) is 0 Å². The van der Waals surface area contributed by atoms with Gasteiger partial charge in [0.2, 0.25) is 5.91 Å². The highest BCUT2D eigenvalue weighted by molar-refractivity contribution is 5.90. The predicted octanol–water partition coefficient (Wildman–Crippen LogP) is 2.84. The normalized spacial score (nSPS) is 22.9. The molecule has 2 aromatic carbocycles. The lowest BCUT2D eigenvalue weighted by atomic mass is 9.92. The van der Waals surface area contributed by atoms with Crippen molar-refractivity contribution >= 4 is 23.5 Å². The molecule has 7 nitrogen and oxygen atoms in total. The van der Waals surface area contributed by atoms with Gasteiger partial charge in [-0.05, 0) is 42.2 Å². The molecule has 2 amide bonds. The van der Waals surface area contributed by atoms with Crippen LogP contribution in [0.3, 0.4) is 0 Å². The van der Waals surface area contributed by atoms with Crippen molar-refractivity contribution in [2.75, 3.05) is 37.6 Å². The monoisotopic (exact) mass is 459 g/mol. The summed E-state index contributed by atoms with van der Waals surface area (Å²) in [5.74, 6) is 0.241. The molecule has 1 N–H and O–H groups in total. The molecule has 1 unspecified atom stereocenters.